The summed E-state index contributed by atoms with van der Waals surface area (Å²) in [5.41, 5.74) is 15.2. The number of rotatable bonds is 4. The third-order valence-corrected chi connectivity index (χ3v) is 11.0. The highest BCUT2D eigenvalue weighted by atomic mass is 15.0. The molecular formula is C51H37N. The number of fused-ring (bicyclic) bond motifs is 6. The van der Waals surface area contributed by atoms with Crippen molar-refractivity contribution in [1.82, 2.24) is 4.57 Å². The lowest BCUT2D eigenvalue weighted by Crippen LogP contribution is -1.96. The van der Waals surface area contributed by atoms with E-state index in [9.17, 15) is 0 Å². The SMILES string of the molecule is Cc1cc(C)c(-c2c3ccccc3c(-c3ccc(-n4c5ccccc5c5cc(-c6ccc7ccccc7c6)ccc54)cc3)c3ccccc23)c(C)c1. The molecule has 1 heteroatoms. The predicted octanol–water partition coefficient (Wildman–Crippen LogP) is 14.2. The molecule has 0 bridgehead atoms. The van der Waals surface area contributed by atoms with E-state index in [0.717, 1.165) is 5.69 Å². The first-order valence-corrected chi connectivity index (χ1v) is 18.2. The van der Waals surface area contributed by atoms with Crippen LogP contribution in [0.5, 0.6) is 0 Å². The molecule has 1 nitrogen and oxygen atoms in total. The summed E-state index contributed by atoms with van der Waals surface area (Å²) in [5.74, 6) is 0. The van der Waals surface area contributed by atoms with E-state index in [1.54, 1.807) is 0 Å². The Morgan fingerprint density at radius 3 is 1.50 bits per heavy atom. The van der Waals surface area contributed by atoms with Crippen LogP contribution in [0.2, 0.25) is 0 Å². The van der Waals surface area contributed by atoms with Crippen LogP contribution < -0.4 is 0 Å². The average Bonchev–Trinajstić information content (AvgIpc) is 3.51. The highest BCUT2D eigenvalue weighted by Gasteiger charge is 2.20. The van der Waals surface area contributed by atoms with Gasteiger partial charge < -0.3 is 4.57 Å². The lowest BCUT2D eigenvalue weighted by Gasteiger charge is -2.20. The maximum absolute atomic E-state index is 2.42. The van der Waals surface area contributed by atoms with E-state index < -0.39 is 0 Å². The molecule has 0 N–H and O–H groups in total. The van der Waals surface area contributed by atoms with Crippen LogP contribution in [0.15, 0.2) is 170 Å². The molecule has 0 spiro atoms. The summed E-state index contributed by atoms with van der Waals surface area (Å²) in [7, 11) is 0. The fourth-order valence-electron chi connectivity index (χ4n) is 8.86. The van der Waals surface area contributed by atoms with Gasteiger partial charge in [0.2, 0.25) is 0 Å². The van der Waals surface area contributed by atoms with Crippen molar-refractivity contribution < 1.29 is 0 Å². The van der Waals surface area contributed by atoms with Gasteiger partial charge in [0, 0.05) is 16.5 Å². The van der Waals surface area contributed by atoms with Crippen molar-refractivity contribution in [3.63, 3.8) is 0 Å². The van der Waals surface area contributed by atoms with Gasteiger partial charge in [-0.15, -0.1) is 0 Å². The van der Waals surface area contributed by atoms with Crippen molar-refractivity contribution in [3.8, 4) is 39.1 Å². The molecule has 0 saturated heterocycles. The fourth-order valence-corrected chi connectivity index (χ4v) is 8.86. The van der Waals surface area contributed by atoms with E-state index in [1.807, 2.05) is 0 Å². The molecule has 1 heterocycles. The van der Waals surface area contributed by atoms with Crippen LogP contribution in [0.1, 0.15) is 16.7 Å². The number of aryl methyl sites for hydroxylation is 3. The van der Waals surface area contributed by atoms with Crippen LogP contribution >= 0.6 is 0 Å². The number of aromatic nitrogens is 1. The minimum absolute atomic E-state index is 1.16. The Hall–Kier alpha value is -6.44. The van der Waals surface area contributed by atoms with Crippen molar-refractivity contribution in [2.75, 3.05) is 0 Å². The zero-order valence-electron chi connectivity index (χ0n) is 29.6. The summed E-state index contributed by atoms with van der Waals surface area (Å²) in [5, 5.41) is 10.2. The van der Waals surface area contributed by atoms with Crippen LogP contribution in [-0.2, 0) is 0 Å². The van der Waals surface area contributed by atoms with Gasteiger partial charge in [-0.25, -0.2) is 0 Å². The zero-order chi connectivity index (χ0) is 34.9. The number of para-hydroxylation sites is 1. The minimum atomic E-state index is 1.16. The van der Waals surface area contributed by atoms with Gasteiger partial charge in [0.05, 0.1) is 11.0 Å². The van der Waals surface area contributed by atoms with E-state index in [-0.39, 0.29) is 0 Å². The lowest BCUT2D eigenvalue weighted by molar-refractivity contribution is 1.18. The molecular weight excluding hydrogens is 627 g/mol. The van der Waals surface area contributed by atoms with Gasteiger partial charge in [-0.2, -0.15) is 0 Å². The van der Waals surface area contributed by atoms with E-state index in [0.29, 0.717) is 0 Å². The quantitative estimate of drug-likeness (QED) is 0.165. The molecule has 0 aliphatic heterocycles. The van der Waals surface area contributed by atoms with Crippen molar-refractivity contribution in [3.05, 3.63) is 187 Å². The molecule has 0 aliphatic carbocycles. The molecule has 0 aliphatic rings. The number of hydrogen-bond donors (Lipinski definition) is 0. The van der Waals surface area contributed by atoms with E-state index in [1.165, 1.54) is 104 Å². The summed E-state index contributed by atoms with van der Waals surface area (Å²) in [4.78, 5) is 0. The van der Waals surface area contributed by atoms with Gasteiger partial charge in [-0.3, -0.25) is 0 Å². The van der Waals surface area contributed by atoms with Crippen LogP contribution in [0.25, 0.3) is 93.2 Å². The number of hydrogen-bond acceptors (Lipinski definition) is 0. The van der Waals surface area contributed by atoms with Crippen molar-refractivity contribution in [2.45, 2.75) is 20.8 Å². The van der Waals surface area contributed by atoms with E-state index >= 15 is 0 Å². The van der Waals surface area contributed by atoms with Crippen molar-refractivity contribution in [1.29, 1.82) is 0 Å². The molecule has 0 atom stereocenters. The van der Waals surface area contributed by atoms with Crippen molar-refractivity contribution >= 4 is 54.1 Å². The van der Waals surface area contributed by atoms with E-state index in [4.69, 9.17) is 0 Å². The lowest BCUT2D eigenvalue weighted by atomic mass is 9.83. The Morgan fingerprint density at radius 1 is 0.327 bits per heavy atom. The maximum atomic E-state index is 2.42. The van der Waals surface area contributed by atoms with Gasteiger partial charge in [0.15, 0.2) is 0 Å². The van der Waals surface area contributed by atoms with Crippen molar-refractivity contribution in [2.24, 2.45) is 0 Å². The second-order valence-electron chi connectivity index (χ2n) is 14.3. The molecule has 246 valence electrons. The Labute approximate surface area is 304 Å². The summed E-state index contributed by atoms with van der Waals surface area (Å²) in [6, 6.07) is 62.9. The Balaban J connectivity index is 1.14. The van der Waals surface area contributed by atoms with E-state index in [2.05, 4.69) is 195 Å². The largest absolute Gasteiger partial charge is 0.309 e. The third-order valence-electron chi connectivity index (χ3n) is 11.0. The molecule has 1 aromatic heterocycles. The normalized spacial score (nSPS) is 11.8. The molecule has 0 fully saturated rings. The summed E-state index contributed by atoms with van der Waals surface area (Å²) < 4.78 is 2.42. The number of benzene rings is 9. The topological polar surface area (TPSA) is 4.93 Å². The molecule has 0 saturated carbocycles. The Morgan fingerprint density at radius 2 is 0.827 bits per heavy atom. The standard InChI is InChI=1S/C51H37N/c1-32-28-33(2)49(34(3)29-32)51-44-17-8-6-15-42(44)50(43-16-7-9-18-45(43)51)36-22-25-40(26-23-36)52-47-19-11-10-14-41(47)46-31-39(24-27-48(46)52)38-21-20-35-12-4-5-13-37(35)30-38/h4-31H,1-3H3. The first kappa shape index (κ1) is 30.4. The maximum Gasteiger partial charge on any atom is 0.0541 e. The monoisotopic (exact) mass is 663 g/mol. The van der Waals surface area contributed by atoms with Crippen LogP contribution in [-0.4, -0.2) is 4.57 Å². The minimum Gasteiger partial charge on any atom is -0.309 e. The molecule has 10 aromatic rings. The zero-order valence-corrected chi connectivity index (χ0v) is 29.6. The molecule has 0 amide bonds. The van der Waals surface area contributed by atoms with Gasteiger partial charge in [0.25, 0.3) is 0 Å². The van der Waals surface area contributed by atoms with Gasteiger partial charge in [-0.1, -0.05) is 139 Å². The first-order valence-electron chi connectivity index (χ1n) is 18.2. The summed E-state index contributed by atoms with van der Waals surface area (Å²) in [6.07, 6.45) is 0. The summed E-state index contributed by atoms with van der Waals surface area (Å²) in [6.45, 7) is 6.70. The number of nitrogens with zero attached hydrogens (tertiary/aromatic N) is 1. The smallest absolute Gasteiger partial charge is 0.0541 e. The van der Waals surface area contributed by atoms with Gasteiger partial charge in [-0.05, 0) is 134 Å². The average molecular weight is 664 g/mol. The highest BCUT2D eigenvalue weighted by Crippen LogP contribution is 2.46. The van der Waals surface area contributed by atoms with Crippen LogP contribution in [0, 0.1) is 20.8 Å². The molecule has 9 aromatic carbocycles. The molecule has 52 heavy (non-hydrogen) atoms. The second-order valence-corrected chi connectivity index (χ2v) is 14.3. The summed E-state index contributed by atoms with van der Waals surface area (Å²) >= 11 is 0. The second kappa shape index (κ2) is 11.8. The molecule has 10 rings (SSSR count). The Kier molecular flexibility index (Phi) is 6.91. The Bertz CT molecular complexity index is 2950. The predicted molar refractivity (Wildman–Crippen MR) is 224 cm³/mol. The highest BCUT2D eigenvalue weighted by molar-refractivity contribution is 6.22. The fraction of sp³-hybridized carbons (Fsp3) is 0.0588. The molecule has 0 radical (unpaired) electrons. The van der Waals surface area contributed by atoms with Crippen LogP contribution in [0.4, 0.5) is 0 Å². The van der Waals surface area contributed by atoms with Gasteiger partial charge >= 0.3 is 0 Å². The molecule has 0 unspecified atom stereocenters. The first-order chi connectivity index (χ1) is 25.5. The van der Waals surface area contributed by atoms with Crippen LogP contribution in [0.3, 0.4) is 0 Å². The third kappa shape index (κ3) is 4.70. The van der Waals surface area contributed by atoms with Gasteiger partial charge in [0.1, 0.15) is 0 Å².